The largest absolute Gasteiger partial charge is 0.408 e. The van der Waals surface area contributed by atoms with Gasteiger partial charge in [0.1, 0.15) is 30.0 Å². The number of aryl methyl sites for hydroxylation is 1. The first-order valence-electron chi connectivity index (χ1n) is 16.1. The number of imidazole rings is 1. The number of thioether (sulfide) groups is 1. The van der Waals surface area contributed by atoms with E-state index in [2.05, 4.69) is 118 Å². The summed E-state index contributed by atoms with van der Waals surface area (Å²) in [6.07, 6.45) is 4.19. The monoisotopic (exact) mass is 680 g/mol. The maximum Gasteiger partial charge on any atom is 0.192 e. The molecule has 4 atom stereocenters. The lowest BCUT2D eigenvalue weighted by atomic mass is 10.1. The van der Waals surface area contributed by atoms with Crippen LogP contribution in [0.15, 0.2) is 55.2 Å². The van der Waals surface area contributed by atoms with E-state index in [9.17, 15) is 0 Å². The summed E-state index contributed by atoms with van der Waals surface area (Å²) in [4.78, 5) is 13.6. The number of benzene rings is 1. The van der Waals surface area contributed by atoms with Gasteiger partial charge in [0.05, 0.1) is 29.2 Å². The smallest absolute Gasteiger partial charge is 0.192 e. The van der Waals surface area contributed by atoms with Crippen molar-refractivity contribution in [3.8, 4) is 11.3 Å². The van der Waals surface area contributed by atoms with Gasteiger partial charge in [-0.25, -0.2) is 15.0 Å². The molecule has 1 aromatic carbocycles. The molecule has 4 heterocycles. The first-order chi connectivity index (χ1) is 21.4. The predicted molar refractivity (Wildman–Crippen MR) is 195 cm³/mol. The topological polar surface area (TPSA) is 102 Å². The van der Waals surface area contributed by atoms with E-state index >= 15 is 0 Å². The molecule has 1 saturated heterocycles. The highest BCUT2D eigenvalue weighted by Crippen LogP contribution is 2.47. The number of rotatable bonds is 10. The van der Waals surface area contributed by atoms with E-state index in [0.717, 1.165) is 33.8 Å². The van der Waals surface area contributed by atoms with E-state index in [1.54, 1.807) is 0 Å². The molecule has 1 fully saturated rings. The Kier molecular flexibility index (Phi) is 9.73. The third-order valence-electron chi connectivity index (χ3n) is 10.2. The molecule has 9 nitrogen and oxygen atoms in total. The molecule has 1 aliphatic rings. The molecule has 0 aliphatic carbocycles. The fraction of sp³-hybridized carbons (Fsp3) is 0.559. The number of nitrogen functional groups attached to an aromatic ring is 1. The summed E-state index contributed by atoms with van der Waals surface area (Å²) in [7, 11) is -2.42. The molecule has 0 amide bonds. The maximum atomic E-state index is 7.33. The molecule has 3 aromatic heterocycles. The highest BCUT2D eigenvalue weighted by molar-refractivity contribution is 7.98. The van der Waals surface area contributed by atoms with Gasteiger partial charge in [-0.15, -0.1) is 0 Å². The zero-order valence-electron chi connectivity index (χ0n) is 29.4. The van der Waals surface area contributed by atoms with Crippen molar-refractivity contribution in [2.24, 2.45) is 7.05 Å². The van der Waals surface area contributed by atoms with E-state index in [-0.39, 0.29) is 28.4 Å². The Morgan fingerprint density at radius 2 is 1.52 bits per heavy atom. The van der Waals surface area contributed by atoms with E-state index in [1.807, 2.05) is 36.4 Å². The zero-order valence-corrected chi connectivity index (χ0v) is 32.2. The molecule has 2 N–H and O–H groups in total. The molecule has 4 aromatic rings. The molecular formula is C34H52N6O3SSi2. The second-order valence-corrected chi connectivity index (χ2v) is 26.0. The number of anilines is 1. The summed E-state index contributed by atoms with van der Waals surface area (Å²) in [5.41, 5.74) is 10.3. The Labute approximate surface area is 280 Å². The van der Waals surface area contributed by atoms with E-state index < -0.39 is 22.9 Å². The van der Waals surface area contributed by atoms with Gasteiger partial charge < -0.3 is 28.5 Å². The summed E-state index contributed by atoms with van der Waals surface area (Å²) in [6, 6.07) is 12.4. The molecule has 0 radical (unpaired) electrons. The lowest BCUT2D eigenvalue weighted by Gasteiger charge is -2.44. The van der Waals surface area contributed by atoms with Crippen LogP contribution in [0.25, 0.3) is 22.3 Å². The zero-order chi connectivity index (χ0) is 33.7. The highest BCUT2D eigenvalue weighted by atomic mass is 32.2. The van der Waals surface area contributed by atoms with Gasteiger partial charge in [-0.05, 0) is 42.3 Å². The average molecular weight is 681 g/mol. The molecule has 0 spiro atoms. The second-order valence-electron chi connectivity index (χ2n) is 15.5. The van der Waals surface area contributed by atoms with Crippen LogP contribution >= 0.6 is 11.8 Å². The van der Waals surface area contributed by atoms with Gasteiger partial charge in [0.25, 0.3) is 0 Å². The van der Waals surface area contributed by atoms with Crippen LogP contribution in [0.2, 0.25) is 36.3 Å². The van der Waals surface area contributed by atoms with Crippen molar-refractivity contribution >= 4 is 45.2 Å². The van der Waals surface area contributed by atoms with Crippen LogP contribution in [0.3, 0.4) is 0 Å². The first-order valence-corrected chi connectivity index (χ1v) is 23.1. The molecule has 0 unspecified atom stereocenters. The minimum absolute atomic E-state index is 0.00460. The van der Waals surface area contributed by atoms with Crippen molar-refractivity contribution in [2.75, 3.05) is 11.5 Å². The Bertz CT molecular complexity index is 1640. The molecular weight excluding hydrogens is 629 g/mol. The quantitative estimate of drug-likeness (QED) is 0.168. The second kappa shape index (κ2) is 12.8. The molecule has 46 heavy (non-hydrogen) atoms. The molecule has 0 bridgehead atoms. The summed E-state index contributed by atoms with van der Waals surface area (Å²) in [5, 5.41) is 0.831. The average Bonchev–Trinajstić information content (AvgIpc) is 3.64. The van der Waals surface area contributed by atoms with Crippen LogP contribution in [0.5, 0.6) is 0 Å². The van der Waals surface area contributed by atoms with Crippen molar-refractivity contribution in [1.82, 2.24) is 24.1 Å². The van der Waals surface area contributed by atoms with Crippen molar-refractivity contribution in [3.05, 3.63) is 60.9 Å². The van der Waals surface area contributed by atoms with Gasteiger partial charge in [0, 0.05) is 30.3 Å². The third-order valence-corrected chi connectivity index (χ3v) is 20.2. The van der Waals surface area contributed by atoms with Gasteiger partial charge >= 0.3 is 0 Å². The van der Waals surface area contributed by atoms with Crippen molar-refractivity contribution < 1.29 is 13.6 Å². The van der Waals surface area contributed by atoms with E-state index in [1.165, 1.54) is 12.0 Å². The SMILES string of the molecule is Cn1cnc(-c2ccccc2)c1CSC[C@H]1O[C@@H](n2ccc3c(N)ncnc32)[C@H](O[Si](C)(C)C(C)(C)C)[C@@H]1O[Si](C)(C)C(C)(C)C. The van der Waals surface area contributed by atoms with Crippen LogP contribution in [0, 0.1) is 0 Å². The first kappa shape index (κ1) is 34.8. The Hall–Kier alpha value is -2.49. The van der Waals surface area contributed by atoms with Gasteiger partial charge in [-0.1, -0.05) is 71.9 Å². The Balaban J connectivity index is 1.52. The van der Waals surface area contributed by atoms with Gasteiger partial charge in [-0.3, -0.25) is 0 Å². The predicted octanol–water partition coefficient (Wildman–Crippen LogP) is 8.03. The summed E-state index contributed by atoms with van der Waals surface area (Å²) in [6.45, 7) is 22.9. The van der Waals surface area contributed by atoms with E-state index in [4.69, 9.17) is 24.3 Å². The van der Waals surface area contributed by atoms with Crippen LogP contribution in [0.4, 0.5) is 5.82 Å². The number of ether oxygens (including phenoxy) is 1. The minimum atomic E-state index is -2.26. The van der Waals surface area contributed by atoms with Gasteiger partial charge in [0.2, 0.25) is 0 Å². The summed E-state index contributed by atoms with van der Waals surface area (Å²) in [5.74, 6) is 1.99. The number of aromatic nitrogens is 5. The Morgan fingerprint density at radius 3 is 2.15 bits per heavy atom. The number of fused-ring (bicyclic) bond motifs is 1. The van der Waals surface area contributed by atoms with Gasteiger partial charge in [-0.2, -0.15) is 11.8 Å². The summed E-state index contributed by atoms with van der Waals surface area (Å²) < 4.78 is 25.9. The van der Waals surface area contributed by atoms with Crippen LogP contribution in [0.1, 0.15) is 53.5 Å². The fourth-order valence-electron chi connectivity index (χ4n) is 5.30. The van der Waals surface area contributed by atoms with Crippen molar-refractivity contribution in [3.63, 3.8) is 0 Å². The third kappa shape index (κ3) is 6.88. The number of nitrogens with two attached hydrogens (primary N) is 1. The Morgan fingerprint density at radius 1 is 0.891 bits per heavy atom. The molecule has 0 saturated carbocycles. The number of nitrogens with zero attached hydrogens (tertiary/aromatic N) is 5. The molecule has 1 aliphatic heterocycles. The van der Waals surface area contributed by atoms with Crippen LogP contribution in [-0.2, 0) is 26.4 Å². The van der Waals surface area contributed by atoms with Gasteiger partial charge in [0.15, 0.2) is 22.9 Å². The molecule has 250 valence electrons. The minimum Gasteiger partial charge on any atom is -0.408 e. The highest BCUT2D eigenvalue weighted by Gasteiger charge is 2.54. The fourth-order valence-corrected chi connectivity index (χ4v) is 9.05. The maximum absolute atomic E-state index is 7.33. The summed E-state index contributed by atoms with van der Waals surface area (Å²) >= 11 is 1.85. The number of hydrogen-bond donors (Lipinski definition) is 1. The number of hydrogen-bond acceptors (Lipinski definition) is 8. The standard InChI is InChI=1S/C34H52N6O3SSi2/c1-33(2,3)45(8,9)42-28-26(20-44-19-25-27(38-22-39(25)7)23-15-13-12-14-16-23)41-32(29(28)43-46(10,11)34(4,5)6)40-18-17-24-30(35)36-21-37-31(24)40/h12-18,21-22,26,28-29,32H,19-20H2,1-11H3,(H2,35,36,37)/t26-,28-,29-,32-/m1/s1. The van der Waals surface area contributed by atoms with Crippen molar-refractivity contribution in [2.45, 2.75) is 108 Å². The normalized spacial score (nSPS) is 21.4. The molecule has 12 heteroatoms. The van der Waals surface area contributed by atoms with E-state index in [0.29, 0.717) is 5.82 Å². The van der Waals surface area contributed by atoms with Crippen LogP contribution < -0.4 is 5.73 Å². The van der Waals surface area contributed by atoms with Crippen molar-refractivity contribution in [1.29, 1.82) is 0 Å². The lowest BCUT2D eigenvalue weighted by molar-refractivity contribution is -0.0244. The van der Waals surface area contributed by atoms with Crippen LogP contribution in [-0.4, -0.2) is 64.8 Å². The lowest BCUT2D eigenvalue weighted by Crippen LogP contribution is -2.53. The molecule has 5 rings (SSSR count).